The van der Waals surface area contributed by atoms with Gasteiger partial charge in [-0.3, -0.25) is 0 Å². The molecule has 9 heteroatoms. The number of hydrogen-bond donors (Lipinski definition) is 1. The van der Waals surface area contributed by atoms with E-state index in [0.717, 1.165) is 28.4 Å². The fourth-order valence-corrected chi connectivity index (χ4v) is 4.78. The molecule has 0 radical (unpaired) electrons. The van der Waals surface area contributed by atoms with E-state index in [1.165, 1.54) is 12.3 Å². The van der Waals surface area contributed by atoms with Crippen molar-refractivity contribution in [3.8, 4) is 11.5 Å². The first-order valence-electron chi connectivity index (χ1n) is 7.87. The van der Waals surface area contributed by atoms with Gasteiger partial charge in [-0.15, -0.1) is 11.3 Å². The number of rotatable bonds is 7. The summed E-state index contributed by atoms with van der Waals surface area (Å²) < 4.78 is 38.4. The lowest BCUT2D eigenvalue weighted by atomic mass is 10.3. The van der Waals surface area contributed by atoms with Crippen molar-refractivity contribution in [3.05, 3.63) is 39.7 Å². The number of aromatic nitrogens is 2. The van der Waals surface area contributed by atoms with Gasteiger partial charge >= 0.3 is 0 Å². The lowest BCUT2D eigenvalue weighted by Crippen LogP contribution is -2.23. The summed E-state index contributed by atoms with van der Waals surface area (Å²) in [6, 6.07) is 3.05. The van der Waals surface area contributed by atoms with Crippen LogP contribution in [0.4, 0.5) is 0 Å². The number of furan rings is 1. The van der Waals surface area contributed by atoms with Crippen LogP contribution in [0.2, 0.25) is 0 Å². The van der Waals surface area contributed by atoms with Crippen LogP contribution in [0.3, 0.4) is 0 Å². The second-order valence-electron chi connectivity index (χ2n) is 5.60. The summed E-state index contributed by atoms with van der Waals surface area (Å²) in [5.41, 5.74) is 0.863. The number of nitrogens with zero attached hydrogens (tertiary/aromatic N) is 2. The fourth-order valence-electron chi connectivity index (χ4n) is 2.41. The van der Waals surface area contributed by atoms with Crippen molar-refractivity contribution < 1.29 is 17.4 Å². The summed E-state index contributed by atoms with van der Waals surface area (Å²) in [5.74, 6) is 1.01. The van der Waals surface area contributed by atoms with Gasteiger partial charge in [-0.2, -0.15) is 0 Å². The Morgan fingerprint density at radius 1 is 1.28 bits per heavy atom. The van der Waals surface area contributed by atoms with E-state index in [1.54, 1.807) is 24.3 Å². The Balaban J connectivity index is 1.78. The molecule has 0 aliphatic heterocycles. The molecule has 25 heavy (non-hydrogen) atoms. The van der Waals surface area contributed by atoms with Gasteiger partial charge in [0.25, 0.3) is 0 Å². The molecule has 134 valence electrons. The van der Waals surface area contributed by atoms with Crippen LogP contribution in [-0.2, 0) is 23.0 Å². The van der Waals surface area contributed by atoms with Crippen LogP contribution < -0.4 is 4.72 Å². The largest absolute Gasteiger partial charge is 0.457 e. The lowest BCUT2D eigenvalue weighted by Gasteiger charge is -2.04. The SMILES string of the molecule is CCCc1nc(C)c(CNS(=O)(=O)c2cc(-c3ccno3)oc2C)s1. The van der Waals surface area contributed by atoms with E-state index in [0.29, 0.717) is 17.3 Å². The van der Waals surface area contributed by atoms with Gasteiger partial charge in [0.05, 0.1) is 16.9 Å². The number of sulfonamides is 1. The van der Waals surface area contributed by atoms with Gasteiger partial charge in [-0.25, -0.2) is 18.1 Å². The second-order valence-corrected chi connectivity index (χ2v) is 8.50. The molecule has 1 N–H and O–H groups in total. The highest BCUT2D eigenvalue weighted by atomic mass is 32.2. The molecule has 3 aromatic rings. The van der Waals surface area contributed by atoms with Crippen molar-refractivity contribution >= 4 is 21.4 Å². The third-order valence-electron chi connectivity index (χ3n) is 3.67. The van der Waals surface area contributed by atoms with E-state index in [2.05, 4.69) is 21.8 Å². The molecular weight excluding hydrogens is 362 g/mol. The van der Waals surface area contributed by atoms with E-state index in [1.807, 2.05) is 6.92 Å². The molecule has 3 heterocycles. The average Bonchev–Trinajstić information content (AvgIpc) is 3.26. The highest BCUT2D eigenvalue weighted by Gasteiger charge is 2.23. The van der Waals surface area contributed by atoms with Crippen LogP contribution >= 0.6 is 11.3 Å². The second kappa shape index (κ2) is 7.11. The smallest absolute Gasteiger partial charge is 0.244 e. The summed E-state index contributed by atoms with van der Waals surface area (Å²) >= 11 is 1.54. The first-order valence-corrected chi connectivity index (χ1v) is 10.2. The zero-order valence-electron chi connectivity index (χ0n) is 14.2. The quantitative estimate of drug-likeness (QED) is 0.673. The van der Waals surface area contributed by atoms with Crippen molar-refractivity contribution in [2.24, 2.45) is 0 Å². The van der Waals surface area contributed by atoms with Crippen LogP contribution in [-0.4, -0.2) is 18.6 Å². The van der Waals surface area contributed by atoms with Crippen LogP contribution in [0.5, 0.6) is 0 Å². The van der Waals surface area contributed by atoms with Crippen molar-refractivity contribution in [1.29, 1.82) is 0 Å². The first-order chi connectivity index (χ1) is 11.9. The van der Waals surface area contributed by atoms with Gasteiger partial charge < -0.3 is 8.94 Å². The van der Waals surface area contributed by atoms with Crippen molar-refractivity contribution in [1.82, 2.24) is 14.9 Å². The molecule has 7 nitrogen and oxygen atoms in total. The monoisotopic (exact) mass is 381 g/mol. The molecule has 0 bridgehead atoms. The Bertz CT molecular complexity index is 956. The number of nitrogens with one attached hydrogen (secondary N) is 1. The Kier molecular flexibility index (Phi) is 5.07. The van der Waals surface area contributed by atoms with E-state index < -0.39 is 10.0 Å². The minimum Gasteiger partial charge on any atom is -0.457 e. The van der Waals surface area contributed by atoms with Crippen LogP contribution in [0, 0.1) is 13.8 Å². The molecule has 0 unspecified atom stereocenters. The summed E-state index contributed by atoms with van der Waals surface area (Å²) in [7, 11) is -3.71. The van der Waals surface area contributed by atoms with Crippen molar-refractivity contribution in [2.45, 2.75) is 45.1 Å². The molecule has 0 fully saturated rings. The number of aryl methyl sites for hydroxylation is 3. The molecule has 0 aliphatic carbocycles. The average molecular weight is 381 g/mol. The summed E-state index contributed by atoms with van der Waals surface area (Å²) in [5, 5.41) is 4.63. The normalized spacial score (nSPS) is 12.0. The fraction of sp³-hybridized carbons (Fsp3) is 0.375. The van der Waals surface area contributed by atoms with Crippen molar-refractivity contribution in [2.75, 3.05) is 0 Å². The minimum atomic E-state index is -3.71. The molecule has 0 aliphatic rings. The summed E-state index contributed by atoms with van der Waals surface area (Å²) in [4.78, 5) is 5.49. The molecule has 0 aromatic carbocycles. The molecule has 3 aromatic heterocycles. The third kappa shape index (κ3) is 3.83. The van der Waals surface area contributed by atoms with Gasteiger partial charge in [0.2, 0.25) is 15.8 Å². The predicted molar refractivity (Wildman–Crippen MR) is 93.8 cm³/mol. The van der Waals surface area contributed by atoms with Crippen molar-refractivity contribution in [3.63, 3.8) is 0 Å². The lowest BCUT2D eigenvalue weighted by molar-refractivity contribution is 0.414. The highest BCUT2D eigenvalue weighted by Crippen LogP contribution is 2.28. The summed E-state index contributed by atoms with van der Waals surface area (Å²) in [6.07, 6.45) is 3.39. The van der Waals surface area contributed by atoms with E-state index in [4.69, 9.17) is 8.94 Å². The van der Waals surface area contributed by atoms with Gasteiger partial charge in [-0.05, 0) is 26.7 Å². The third-order valence-corrected chi connectivity index (χ3v) is 6.39. The first kappa shape index (κ1) is 17.8. The van der Waals surface area contributed by atoms with Crippen LogP contribution in [0.25, 0.3) is 11.5 Å². The van der Waals surface area contributed by atoms with Crippen LogP contribution in [0.1, 0.15) is 34.7 Å². The van der Waals surface area contributed by atoms with Gasteiger partial charge in [0.15, 0.2) is 5.76 Å². The Morgan fingerprint density at radius 2 is 2.08 bits per heavy atom. The zero-order chi connectivity index (χ0) is 18.0. The Labute approximate surface area is 150 Å². The van der Waals surface area contributed by atoms with E-state index in [-0.39, 0.29) is 11.4 Å². The Morgan fingerprint density at radius 3 is 2.76 bits per heavy atom. The maximum Gasteiger partial charge on any atom is 0.244 e. The topological polar surface area (TPSA) is 98.2 Å². The molecular formula is C16H19N3O4S2. The zero-order valence-corrected chi connectivity index (χ0v) is 15.8. The maximum atomic E-state index is 12.6. The van der Waals surface area contributed by atoms with Gasteiger partial charge in [-0.1, -0.05) is 12.1 Å². The van der Waals surface area contributed by atoms with Gasteiger partial charge in [0, 0.05) is 23.6 Å². The Hall–Kier alpha value is -1.97. The molecule has 0 saturated heterocycles. The molecule has 0 spiro atoms. The predicted octanol–water partition coefficient (Wildman–Crippen LogP) is 3.44. The molecule has 3 rings (SSSR count). The molecule has 0 amide bonds. The van der Waals surface area contributed by atoms with E-state index in [9.17, 15) is 8.42 Å². The number of thiazole rings is 1. The van der Waals surface area contributed by atoms with E-state index >= 15 is 0 Å². The standard InChI is InChI=1S/C16H19N3O4S2/c1-4-5-16-19-10(2)14(24-16)9-18-25(20,21)15-8-13(22-11(15)3)12-6-7-17-23-12/h6-8,18H,4-5,9H2,1-3H3. The maximum absolute atomic E-state index is 12.6. The minimum absolute atomic E-state index is 0.0925. The van der Waals surface area contributed by atoms with Crippen LogP contribution in [0.15, 0.2) is 32.2 Å². The summed E-state index contributed by atoms with van der Waals surface area (Å²) in [6.45, 7) is 5.79. The number of hydrogen-bond acceptors (Lipinski definition) is 7. The highest BCUT2D eigenvalue weighted by molar-refractivity contribution is 7.89. The molecule has 0 saturated carbocycles. The van der Waals surface area contributed by atoms with Gasteiger partial charge in [0.1, 0.15) is 10.7 Å². The molecule has 0 atom stereocenters.